The van der Waals surface area contributed by atoms with E-state index in [1.165, 1.54) is 23.5 Å². The molecule has 0 spiro atoms. The Morgan fingerprint density at radius 1 is 1.47 bits per heavy atom. The van der Waals surface area contributed by atoms with Crippen molar-refractivity contribution in [2.45, 2.75) is 6.10 Å². The number of anilines is 1. The van der Waals surface area contributed by atoms with Crippen molar-refractivity contribution >= 4 is 34.3 Å². The molecule has 1 atom stereocenters. The third-order valence-electron chi connectivity index (χ3n) is 2.59. The van der Waals surface area contributed by atoms with Gasteiger partial charge in [0.1, 0.15) is 5.69 Å². The van der Waals surface area contributed by atoms with Crippen LogP contribution in [0.5, 0.6) is 0 Å². The third kappa shape index (κ3) is 3.23. The second kappa shape index (κ2) is 6.01. The quantitative estimate of drug-likeness (QED) is 0.655. The number of nitro groups is 1. The number of benzene rings is 1. The van der Waals surface area contributed by atoms with Crippen LogP contribution in [-0.4, -0.2) is 16.6 Å². The Bertz CT molecular complexity index is 574. The van der Waals surface area contributed by atoms with Gasteiger partial charge in [-0.3, -0.25) is 10.1 Å². The van der Waals surface area contributed by atoms with Crippen LogP contribution < -0.4 is 5.32 Å². The van der Waals surface area contributed by atoms with Crippen LogP contribution >= 0.6 is 22.9 Å². The highest BCUT2D eigenvalue weighted by atomic mass is 35.5. The molecule has 0 saturated heterocycles. The summed E-state index contributed by atoms with van der Waals surface area (Å²) in [4.78, 5) is 10.4. The van der Waals surface area contributed by atoms with Gasteiger partial charge < -0.3 is 10.4 Å². The number of nitrogens with one attached hydrogen (secondary N) is 1. The highest BCUT2D eigenvalue weighted by molar-refractivity contribution is 7.07. The highest BCUT2D eigenvalue weighted by Gasteiger charge is 2.17. The van der Waals surface area contributed by atoms with E-state index in [2.05, 4.69) is 5.32 Å². The number of nitrogens with zero attached hydrogens (tertiary/aromatic N) is 1. The van der Waals surface area contributed by atoms with Gasteiger partial charge in [0, 0.05) is 12.6 Å². The lowest BCUT2D eigenvalue weighted by Crippen LogP contribution is -2.12. The lowest BCUT2D eigenvalue weighted by atomic mass is 10.2. The Hall–Kier alpha value is -1.63. The van der Waals surface area contributed by atoms with Crippen LogP contribution in [0.25, 0.3) is 0 Å². The van der Waals surface area contributed by atoms with E-state index < -0.39 is 11.0 Å². The summed E-state index contributed by atoms with van der Waals surface area (Å²) in [6.45, 7) is 0.154. The minimum atomic E-state index is -0.734. The fourth-order valence-electron chi connectivity index (χ4n) is 1.62. The number of hydrogen-bond acceptors (Lipinski definition) is 5. The van der Waals surface area contributed by atoms with E-state index >= 15 is 0 Å². The summed E-state index contributed by atoms with van der Waals surface area (Å²) in [7, 11) is 0. The fourth-order valence-corrected chi connectivity index (χ4v) is 2.56. The number of nitro benzene ring substituents is 1. The highest BCUT2D eigenvalue weighted by Crippen LogP contribution is 2.32. The van der Waals surface area contributed by atoms with Crippen molar-refractivity contribution in [3.05, 3.63) is 55.7 Å². The molecule has 1 aromatic heterocycles. The molecule has 0 radical (unpaired) electrons. The molecule has 0 aliphatic heterocycles. The molecule has 0 amide bonds. The van der Waals surface area contributed by atoms with E-state index in [1.807, 2.05) is 10.8 Å². The molecule has 2 N–H and O–H groups in total. The molecule has 2 aromatic rings. The molecule has 0 fully saturated rings. The zero-order valence-electron chi connectivity index (χ0n) is 9.75. The maximum Gasteiger partial charge on any atom is 0.293 e. The molecule has 0 aliphatic rings. The maximum absolute atomic E-state index is 10.9. The van der Waals surface area contributed by atoms with Crippen molar-refractivity contribution in [2.24, 2.45) is 0 Å². The van der Waals surface area contributed by atoms with Crippen LogP contribution in [0.1, 0.15) is 11.7 Å². The minimum Gasteiger partial charge on any atom is -0.387 e. The standard InChI is InChI=1S/C12H11ClN2O3S/c13-9-2-1-3-10(15(17)18)12(9)14-6-11(16)8-4-5-19-7-8/h1-5,7,11,14,16H,6H2. The normalized spacial score (nSPS) is 12.1. The van der Waals surface area contributed by atoms with Gasteiger partial charge in [0.05, 0.1) is 16.0 Å². The molecule has 5 nitrogen and oxygen atoms in total. The summed E-state index contributed by atoms with van der Waals surface area (Å²) in [5.74, 6) is 0. The predicted octanol–water partition coefficient (Wildman–Crippen LogP) is 3.46. The summed E-state index contributed by atoms with van der Waals surface area (Å²) >= 11 is 7.41. The Labute approximate surface area is 118 Å². The Morgan fingerprint density at radius 2 is 2.26 bits per heavy atom. The van der Waals surface area contributed by atoms with Gasteiger partial charge >= 0.3 is 0 Å². The number of thiophene rings is 1. The molecule has 19 heavy (non-hydrogen) atoms. The predicted molar refractivity (Wildman–Crippen MR) is 75.9 cm³/mol. The molecule has 1 unspecified atom stereocenters. The van der Waals surface area contributed by atoms with E-state index in [0.29, 0.717) is 0 Å². The van der Waals surface area contributed by atoms with Crippen molar-refractivity contribution in [1.29, 1.82) is 0 Å². The van der Waals surface area contributed by atoms with E-state index in [0.717, 1.165) is 5.56 Å². The second-order valence-electron chi connectivity index (χ2n) is 3.84. The molecule has 7 heteroatoms. The molecule has 2 rings (SSSR count). The van der Waals surface area contributed by atoms with Crippen LogP contribution in [0.2, 0.25) is 5.02 Å². The number of aliphatic hydroxyl groups excluding tert-OH is 1. The van der Waals surface area contributed by atoms with Gasteiger partial charge in [-0.1, -0.05) is 17.7 Å². The maximum atomic E-state index is 10.9. The first kappa shape index (κ1) is 13.8. The fraction of sp³-hybridized carbons (Fsp3) is 0.167. The van der Waals surface area contributed by atoms with Gasteiger partial charge in [0.25, 0.3) is 5.69 Å². The first-order valence-corrected chi connectivity index (χ1v) is 6.78. The van der Waals surface area contributed by atoms with Crippen molar-refractivity contribution in [2.75, 3.05) is 11.9 Å². The average Bonchev–Trinajstić information content (AvgIpc) is 2.90. The van der Waals surface area contributed by atoms with Gasteiger partial charge in [-0.2, -0.15) is 11.3 Å². The van der Waals surface area contributed by atoms with E-state index in [9.17, 15) is 15.2 Å². The van der Waals surface area contributed by atoms with Crippen LogP contribution in [0.15, 0.2) is 35.0 Å². The van der Waals surface area contributed by atoms with Crippen molar-refractivity contribution in [3.63, 3.8) is 0 Å². The molecule has 0 bridgehead atoms. The van der Waals surface area contributed by atoms with Gasteiger partial charge in [-0.15, -0.1) is 0 Å². The second-order valence-corrected chi connectivity index (χ2v) is 5.03. The van der Waals surface area contributed by atoms with Crippen molar-refractivity contribution in [3.8, 4) is 0 Å². The lowest BCUT2D eigenvalue weighted by Gasteiger charge is -2.12. The summed E-state index contributed by atoms with van der Waals surface area (Å²) in [5.41, 5.74) is 0.890. The molecular weight excluding hydrogens is 288 g/mol. The van der Waals surface area contributed by atoms with Gasteiger partial charge in [0.15, 0.2) is 0 Å². The summed E-state index contributed by atoms with van der Waals surface area (Å²) in [6, 6.07) is 6.25. The molecule has 1 aromatic carbocycles. The van der Waals surface area contributed by atoms with E-state index in [1.54, 1.807) is 12.1 Å². The Kier molecular flexibility index (Phi) is 4.36. The molecular formula is C12H11ClN2O3S. The zero-order chi connectivity index (χ0) is 13.8. The topological polar surface area (TPSA) is 75.4 Å². The first-order chi connectivity index (χ1) is 9.09. The van der Waals surface area contributed by atoms with Crippen LogP contribution in [-0.2, 0) is 0 Å². The van der Waals surface area contributed by atoms with E-state index in [-0.39, 0.29) is 22.9 Å². The number of rotatable bonds is 5. The van der Waals surface area contributed by atoms with Crippen molar-refractivity contribution in [1.82, 2.24) is 0 Å². The smallest absolute Gasteiger partial charge is 0.293 e. The molecule has 1 heterocycles. The van der Waals surface area contributed by atoms with Crippen LogP contribution in [0.3, 0.4) is 0 Å². The SMILES string of the molecule is O=[N+]([O-])c1cccc(Cl)c1NCC(O)c1ccsc1. The molecule has 0 aliphatic carbocycles. The molecule has 100 valence electrons. The number of aliphatic hydroxyl groups is 1. The minimum absolute atomic E-state index is 0.106. The largest absolute Gasteiger partial charge is 0.387 e. The summed E-state index contributed by atoms with van der Waals surface area (Å²) < 4.78 is 0. The Balaban J connectivity index is 2.13. The van der Waals surface area contributed by atoms with Gasteiger partial charge in [-0.25, -0.2) is 0 Å². The van der Waals surface area contributed by atoms with Crippen LogP contribution in [0.4, 0.5) is 11.4 Å². The van der Waals surface area contributed by atoms with Crippen molar-refractivity contribution < 1.29 is 10.0 Å². The summed E-state index contributed by atoms with van der Waals surface area (Å²) in [5, 5.41) is 27.6. The number of para-hydroxylation sites is 1. The Morgan fingerprint density at radius 3 is 2.89 bits per heavy atom. The summed E-state index contributed by atoms with van der Waals surface area (Å²) in [6.07, 6.45) is -0.734. The van der Waals surface area contributed by atoms with Gasteiger partial charge in [-0.05, 0) is 28.5 Å². The third-order valence-corrected chi connectivity index (χ3v) is 3.60. The lowest BCUT2D eigenvalue weighted by molar-refractivity contribution is -0.383. The first-order valence-electron chi connectivity index (χ1n) is 5.46. The number of halogens is 1. The van der Waals surface area contributed by atoms with Crippen LogP contribution in [0, 0.1) is 10.1 Å². The van der Waals surface area contributed by atoms with Gasteiger partial charge in [0.2, 0.25) is 0 Å². The average molecular weight is 299 g/mol. The monoisotopic (exact) mass is 298 g/mol. The van der Waals surface area contributed by atoms with E-state index in [4.69, 9.17) is 11.6 Å². The number of hydrogen-bond donors (Lipinski definition) is 2. The molecule has 0 saturated carbocycles. The zero-order valence-corrected chi connectivity index (χ0v) is 11.3.